The standard InChI is InChI=1S/C17H19ClF2N4O2/c18-10-1-2-22-13(5-10)23-15-11-3-9(11)4-12(15)14(21)16(26)24-17(6-19,7-20)8-25/h1-2,5,9,11,25H,3-4,6-8,21H2,(H,24,26). The summed E-state index contributed by atoms with van der Waals surface area (Å²) in [5, 5.41) is 11.8. The van der Waals surface area contributed by atoms with Crippen LogP contribution in [-0.4, -0.2) is 47.2 Å². The summed E-state index contributed by atoms with van der Waals surface area (Å²) >= 11 is 5.94. The van der Waals surface area contributed by atoms with Gasteiger partial charge < -0.3 is 16.2 Å². The van der Waals surface area contributed by atoms with Gasteiger partial charge in [-0.05, 0) is 24.8 Å². The highest BCUT2D eigenvalue weighted by molar-refractivity contribution is 6.30. The van der Waals surface area contributed by atoms with E-state index in [9.17, 15) is 18.7 Å². The molecule has 2 aliphatic carbocycles. The van der Waals surface area contributed by atoms with Crippen molar-refractivity contribution < 1.29 is 18.7 Å². The fraction of sp³-hybridized carbons (Fsp3) is 0.471. The first-order valence-corrected chi connectivity index (χ1v) is 8.55. The average Bonchev–Trinajstić information content (AvgIpc) is 3.33. The molecule has 6 nitrogen and oxygen atoms in total. The number of pyridine rings is 1. The smallest absolute Gasteiger partial charge is 0.268 e. The Morgan fingerprint density at radius 2 is 2.23 bits per heavy atom. The Bertz CT molecular complexity index is 772. The van der Waals surface area contributed by atoms with Crippen molar-refractivity contribution in [2.24, 2.45) is 22.6 Å². The third-order valence-corrected chi connectivity index (χ3v) is 4.99. The molecule has 2 aliphatic rings. The minimum Gasteiger partial charge on any atom is -0.394 e. The Kier molecular flexibility index (Phi) is 5.24. The molecule has 0 saturated heterocycles. The van der Waals surface area contributed by atoms with E-state index in [-0.39, 0.29) is 11.6 Å². The van der Waals surface area contributed by atoms with Crippen molar-refractivity contribution >= 4 is 29.0 Å². The van der Waals surface area contributed by atoms with Gasteiger partial charge in [0, 0.05) is 28.8 Å². The summed E-state index contributed by atoms with van der Waals surface area (Å²) in [6.07, 6.45) is 3.05. The molecule has 0 aliphatic heterocycles. The monoisotopic (exact) mass is 384 g/mol. The number of hydrogen-bond acceptors (Lipinski definition) is 5. The Balaban J connectivity index is 1.89. The Labute approximate surface area is 154 Å². The molecule has 2 fully saturated rings. The van der Waals surface area contributed by atoms with Crippen LogP contribution < -0.4 is 11.1 Å². The molecule has 0 bridgehead atoms. The second-order valence-electron chi connectivity index (χ2n) is 6.69. The van der Waals surface area contributed by atoms with Gasteiger partial charge in [0.25, 0.3) is 5.91 Å². The molecule has 1 aromatic heterocycles. The third-order valence-electron chi connectivity index (χ3n) is 4.75. The van der Waals surface area contributed by atoms with Gasteiger partial charge in [-0.2, -0.15) is 0 Å². The number of carbonyl (C=O) groups excluding carboxylic acids is 1. The van der Waals surface area contributed by atoms with E-state index in [1.807, 2.05) is 0 Å². The van der Waals surface area contributed by atoms with Crippen LogP contribution in [-0.2, 0) is 4.79 Å². The lowest BCUT2D eigenvalue weighted by atomic mass is 10.0. The van der Waals surface area contributed by atoms with E-state index in [0.717, 1.165) is 6.42 Å². The average molecular weight is 385 g/mol. The zero-order valence-corrected chi connectivity index (χ0v) is 14.6. The topological polar surface area (TPSA) is 101 Å². The van der Waals surface area contributed by atoms with E-state index in [4.69, 9.17) is 17.3 Å². The lowest BCUT2D eigenvalue weighted by Gasteiger charge is -2.27. The van der Waals surface area contributed by atoms with Crippen LogP contribution in [0.15, 0.2) is 34.6 Å². The van der Waals surface area contributed by atoms with E-state index < -0.39 is 31.4 Å². The van der Waals surface area contributed by atoms with Crippen LogP contribution in [0.5, 0.6) is 0 Å². The number of aliphatic hydroxyl groups is 1. The highest BCUT2D eigenvalue weighted by Crippen LogP contribution is 2.53. The molecule has 1 heterocycles. The highest BCUT2D eigenvalue weighted by atomic mass is 35.5. The van der Waals surface area contributed by atoms with Crippen molar-refractivity contribution in [3.8, 4) is 0 Å². The van der Waals surface area contributed by atoms with Gasteiger partial charge in [0.2, 0.25) is 0 Å². The van der Waals surface area contributed by atoms with Crippen LogP contribution >= 0.6 is 11.6 Å². The molecular weight excluding hydrogens is 366 g/mol. The van der Waals surface area contributed by atoms with E-state index in [0.29, 0.717) is 34.5 Å². The van der Waals surface area contributed by atoms with Gasteiger partial charge in [-0.25, -0.2) is 18.8 Å². The zero-order valence-electron chi connectivity index (χ0n) is 13.9. The number of nitrogens with one attached hydrogen (secondary N) is 1. The molecule has 9 heteroatoms. The molecule has 2 saturated carbocycles. The van der Waals surface area contributed by atoms with Crippen LogP contribution in [0.4, 0.5) is 14.6 Å². The number of allylic oxidation sites excluding steroid dienone is 1. The summed E-state index contributed by atoms with van der Waals surface area (Å²) in [6.45, 7) is -3.35. The van der Waals surface area contributed by atoms with Gasteiger partial charge in [0.15, 0.2) is 5.82 Å². The minimum absolute atomic E-state index is 0.141. The maximum atomic E-state index is 13.1. The molecule has 26 heavy (non-hydrogen) atoms. The van der Waals surface area contributed by atoms with E-state index in [1.165, 1.54) is 6.20 Å². The summed E-state index contributed by atoms with van der Waals surface area (Å²) < 4.78 is 26.1. The number of alkyl halides is 2. The van der Waals surface area contributed by atoms with Crippen LogP contribution in [0.25, 0.3) is 0 Å². The predicted octanol–water partition coefficient (Wildman–Crippen LogP) is 1.85. The molecule has 0 spiro atoms. The van der Waals surface area contributed by atoms with Crippen molar-refractivity contribution in [1.29, 1.82) is 0 Å². The number of halogens is 3. The molecule has 140 valence electrons. The number of fused-ring (bicyclic) bond motifs is 1. The van der Waals surface area contributed by atoms with Crippen molar-refractivity contribution in [2.75, 3.05) is 20.0 Å². The molecule has 1 aromatic rings. The number of nitrogens with two attached hydrogens (primary N) is 1. The lowest BCUT2D eigenvalue weighted by molar-refractivity contribution is -0.120. The number of aliphatic imine (C=N–C) groups is 1. The van der Waals surface area contributed by atoms with Gasteiger partial charge in [0.1, 0.15) is 24.6 Å². The molecule has 1 amide bonds. The summed E-state index contributed by atoms with van der Waals surface area (Å²) in [5.41, 5.74) is 5.06. The normalized spacial score (nSPS) is 25.2. The molecule has 0 aromatic carbocycles. The van der Waals surface area contributed by atoms with Gasteiger partial charge in [0.05, 0.1) is 12.3 Å². The van der Waals surface area contributed by atoms with Crippen LogP contribution in [0.2, 0.25) is 5.02 Å². The first-order valence-electron chi connectivity index (χ1n) is 8.17. The molecule has 4 N–H and O–H groups in total. The predicted molar refractivity (Wildman–Crippen MR) is 93.7 cm³/mol. The van der Waals surface area contributed by atoms with Crippen LogP contribution in [0.1, 0.15) is 12.8 Å². The largest absolute Gasteiger partial charge is 0.394 e. The Morgan fingerprint density at radius 3 is 2.85 bits per heavy atom. The van der Waals surface area contributed by atoms with Crippen LogP contribution in [0.3, 0.4) is 0 Å². The zero-order chi connectivity index (χ0) is 18.9. The number of rotatable bonds is 6. The molecule has 2 atom stereocenters. The van der Waals surface area contributed by atoms with E-state index in [2.05, 4.69) is 15.3 Å². The van der Waals surface area contributed by atoms with Crippen LogP contribution in [0, 0.1) is 11.8 Å². The summed E-state index contributed by atoms with van der Waals surface area (Å²) in [6, 6.07) is 3.22. The minimum atomic E-state index is -1.98. The van der Waals surface area contributed by atoms with Crippen molar-refractivity contribution in [3.05, 3.63) is 34.6 Å². The number of hydrogen-bond donors (Lipinski definition) is 3. The highest BCUT2D eigenvalue weighted by Gasteiger charge is 2.50. The van der Waals surface area contributed by atoms with E-state index in [1.54, 1.807) is 12.1 Å². The maximum Gasteiger partial charge on any atom is 0.268 e. The Morgan fingerprint density at radius 1 is 1.50 bits per heavy atom. The van der Waals surface area contributed by atoms with Gasteiger partial charge in [-0.1, -0.05) is 11.6 Å². The van der Waals surface area contributed by atoms with Crippen molar-refractivity contribution in [2.45, 2.75) is 18.4 Å². The maximum absolute atomic E-state index is 13.1. The summed E-state index contributed by atoms with van der Waals surface area (Å²) in [4.78, 5) is 21.0. The Hall–Kier alpha value is -2.06. The first kappa shape index (κ1) is 18.7. The number of amides is 1. The summed E-state index contributed by atoms with van der Waals surface area (Å²) in [5.74, 6) is 0.140. The fourth-order valence-electron chi connectivity index (χ4n) is 3.05. The van der Waals surface area contributed by atoms with Gasteiger partial charge in [-0.15, -0.1) is 0 Å². The lowest BCUT2D eigenvalue weighted by Crippen LogP contribution is -2.56. The second kappa shape index (κ2) is 7.28. The summed E-state index contributed by atoms with van der Waals surface area (Å²) in [7, 11) is 0. The first-order chi connectivity index (χ1) is 12.4. The molecule has 3 rings (SSSR count). The van der Waals surface area contributed by atoms with Crippen molar-refractivity contribution in [3.63, 3.8) is 0 Å². The van der Waals surface area contributed by atoms with E-state index >= 15 is 0 Å². The molecule has 0 radical (unpaired) electrons. The van der Waals surface area contributed by atoms with Crippen molar-refractivity contribution in [1.82, 2.24) is 10.3 Å². The number of aromatic nitrogens is 1. The number of aliphatic hydroxyl groups excluding tert-OH is 1. The second-order valence-corrected chi connectivity index (χ2v) is 7.12. The van der Waals surface area contributed by atoms with Gasteiger partial charge >= 0.3 is 0 Å². The molecule has 2 unspecified atom stereocenters. The number of nitrogens with zero attached hydrogens (tertiary/aromatic N) is 2. The quantitative estimate of drug-likeness (QED) is 0.651. The van der Waals surface area contributed by atoms with Gasteiger partial charge in [-0.3, -0.25) is 4.79 Å². The molecular formula is C17H19ClF2N4O2. The SMILES string of the molecule is NC(C(=O)NC(CO)(CF)CF)=C1CC2CC2C1=Nc1cc(Cl)ccn1. The fourth-order valence-corrected chi connectivity index (χ4v) is 3.20. The third kappa shape index (κ3) is 3.57. The number of carbonyl (C=O) groups is 1.